The standard InChI is InChI=1S/C8H14N2O/c1-5-6(8(2,3)4)7(9)10-11-5/h1-4H3,(H2,9,10). The van der Waals surface area contributed by atoms with Crippen LogP contribution in [0.15, 0.2) is 4.52 Å². The molecule has 0 saturated carbocycles. The molecule has 62 valence electrons. The Morgan fingerprint density at radius 2 is 1.91 bits per heavy atom. The first kappa shape index (κ1) is 8.11. The van der Waals surface area contributed by atoms with Gasteiger partial charge in [0.25, 0.3) is 0 Å². The van der Waals surface area contributed by atoms with Crippen LogP contribution < -0.4 is 5.73 Å². The molecule has 0 amide bonds. The molecule has 3 heteroatoms. The molecule has 0 saturated heterocycles. The summed E-state index contributed by atoms with van der Waals surface area (Å²) >= 11 is 0. The summed E-state index contributed by atoms with van der Waals surface area (Å²) in [5.74, 6) is 1.32. The Morgan fingerprint density at radius 3 is 2.09 bits per heavy atom. The molecule has 11 heavy (non-hydrogen) atoms. The third-order valence-electron chi connectivity index (χ3n) is 1.64. The second kappa shape index (κ2) is 2.26. The number of hydrogen-bond donors (Lipinski definition) is 1. The molecular formula is C8H14N2O. The van der Waals surface area contributed by atoms with E-state index in [1.165, 1.54) is 0 Å². The molecule has 0 bridgehead atoms. The molecule has 0 aromatic carbocycles. The van der Waals surface area contributed by atoms with Gasteiger partial charge in [0.15, 0.2) is 5.82 Å². The molecule has 3 nitrogen and oxygen atoms in total. The van der Waals surface area contributed by atoms with Crippen LogP contribution in [0.25, 0.3) is 0 Å². The first-order valence-electron chi connectivity index (χ1n) is 3.65. The number of anilines is 1. The lowest BCUT2D eigenvalue weighted by Crippen LogP contribution is -2.13. The van der Waals surface area contributed by atoms with Gasteiger partial charge in [-0.3, -0.25) is 0 Å². The smallest absolute Gasteiger partial charge is 0.170 e. The van der Waals surface area contributed by atoms with Crippen LogP contribution in [0.3, 0.4) is 0 Å². The van der Waals surface area contributed by atoms with Crippen LogP contribution in [0.4, 0.5) is 5.82 Å². The number of nitrogens with zero attached hydrogens (tertiary/aromatic N) is 1. The van der Waals surface area contributed by atoms with E-state index < -0.39 is 0 Å². The van der Waals surface area contributed by atoms with Crippen LogP contribution in [0.2, 0.25) is 0 Å². The Balaban J connectivity index is 3.21. The fourth-order valence-electron chi connectivity index (χ4n) is 1.30. The number of nitrogens with two attached hydrogens (primary N) is 1. The van der Waals surface area contributed by atoms with Crippen LogP contribution >= 0.6 is 0 Å². The van der Waals surface area contributed by atoms with Crippen molar-refractivity contribution in [3.05, 3.63) is 11.3 Å². The van der Waals surface area contributed by atoms with Gasteiger partial charge in [-0.2, -0.15) is 0 Å². The summed E-state index contributed by atoms with van der Waals surface area (Å²) in [6.07, 6.45) is 0. The first-order chi connectivity index (χ1) is 4.93. The number of nitrogen functional groups attached to an aromatic ring is 1. The molecule has 1 heterocycles. The lowest BCUT2D eigenvalue weighted by atomic mass is 9.87. The third-order valence-corrected chi connectivity index (χ3v) is 1.64. The highest BCUT2D eigenvalue weighted by Gasteiger charge is 2.23. The van der Waals surface area contributed by atoms with Crippen molar-refractivity contribution in [2.24, 2.45) is 0 Å². The van der Waals surface area contributed by atoms with Gasteiger partial charge >= 0.3 is 0 Å². The quantitative estimate of drug-likeness (QED) is 0.620. The van der Waals surface area contributed by atoms with Crippen molar-refractivity contribution in [3.63, 3.8) is 0 Å². The highest BCUT2D eigenvalue weighted by Crippen LogP contribution is 2.29. The Kier molecular flexibility index (Phi) is 1.66. The number of aromatic nitrogens is 1. The van der Waals surface area contributed by atoms with Crippen LogP contribution in [0.5, 0.6) is 0 Å². The highest BCUT2D eigenvalue weighted by molar-refractivity contribution is 5.44. The fourth-order valence-corrected chi connectivity index (χ4v) is 1.30. The molecule has 2 N–H and O–H groups in total. The Hall–Kier alpha value is -0.990. The van der Waals surface area contributed by atoms with Gasteiger partial charge in [0.1, 0.15) is 5.76 Å². The van der Waals surface area contributed by atoms with E-state index in [1.54, 1.807) is 0 Å². The van der Waals surface area contributed by atoms with Crippen LogP contribution in [0.1, 0.15) is 32.1 Å². The summed E-state index contributed by atoms with van der Waals surface area (Å²) in [6.45, 7) is 8.14. The maximum atomic E-state index is 5.62. The van der Waals surface area contributed by atoms with Gasteiger partial charge < -0.3 is 10.3 Å². The summed E-state index contributed by atoms with van der Waals surface area (Å²) in [4.78, 5) is 0. The van der Waals surface area contributed by atoms with E-state index in [4.69, 9.17) is 10.3 Å². The van der Waals surface area contributed by atoms with Crippen molar-refractivity contribution in [1.29, 1.82) is 0 Å². The predicted octanol–water partition coefficient (Wildman–Crippen LogP) is 1.86. The summed E-state index contributed by atoms with van der Waals surface area (Å²) in [5.41, 5.74) is 6.66. The van der Waals surface area contributed by atoms with Crippen LogP contribution in [-0.4, -0.2) is 5.16 Å². The molecule has 0 aliphatic rings. The molecule has 0 radical (unpaired) electrons. The van der Waals surface area contributed by atoms with Gasteiger partial charge in [-0.05, 0) is 12.3 Å². The van der Waals surface area contributed by atoms with Crippen molar-refractivity contribution in [2.45, 2.75) is 33.1 Å². The van der Waals surface area contributed by atoms with Gasteiger partial charge in [-0.1, -0.05) is 25.9 Å². The van der Waals surface area contributed by atoms with Crippen molar-refractivity contribution in [3.8, 4) is 0 Å². The lowest BCUT2D eigenvalue weighted by molar-refractivity contribution is 0.395. The Bertz CT molecular complexity index is 238. The molecule has 0 fully saturated rings. The minimum Gasteiger partial charge on any atom is -0.381 e. The summed E-state index contributed by atoms with van der Waals surface area (Å²) in [5, 5.41) is 3.69. The highest BCUT2D eigenvalue weighted by atomic mass is 16.5. The number of hydrogen-bond acceptors (Lipinski definition) is 3. The molecule has 0 aliphatic heterocycles. The molecule has 0 aliphatic carbocycles. The van der Waals surface area contributed by atoms with Crippen molar-refractivity contribution < 1.29 is 4.52 Å². The Labute approximate surface area is 66.6 Å². The van der Waals surface area contributed by atoms with E-state index in [0.29, 0.717) is 5.82 Å². The van der Waals surface area contributed by atoms with Gasteiger partial charge in [0, 0.05) is 5.56 Å². The number of rotatable bonds is 0. The topological polar surface area (TPSA) is 52.0 Å². The normalized spacial score (nSPS) is 12.0. The summed E-state index contributed by atoms with van der Waals surface area (Å²) in [6, 6.07) is 0. The van der Waals surface area contributed by atoms with E-state index in [9.17, 15) is 0 Å². The average molecular weight is 154 g/mol. The lowest BCUT2D eigenvalue weighted by Gasteiger charge is -2.16. The van der Waals surface area contributed by atoms with E-state index in [1.807, 2.05) is 6.92 Å². The molecule has 0 spiro atoms. The van der Waals surface area contributed by atoms with Gasteiger partial charge in [0.2, 0.25) is 0 Å². The zero-order valence-corrected chi connectivity index (χ0v) is 7.43. The van der Waals surface area contributed by atoms with Gasteiger partial charge in [0.05, 0.1) is 0 Å². The molecular weight excluding hydrogens is 140 g/mol. The zero-order chi connectivity index (χ0) is 8.65. The maximum Gasteiger partial charge on any atom is 0.170 e. The molecule has 1 rings (SSSR count). The fraction of sp³-hybridized carbons (Fsp3) is 0.625. The van der Waals surface area contributed by atoms with Crippen molar-refractivity contribution in [1.82, 2.24) is 5.16 Å². The zero-order valence-electron chi connectivity index (χ0n) is 7.43. The Morgan fingerprint density at radius 1 is 1.36 bits per heavy atom. The molecule has 0 atom stereocenters. The third kappa shape index (κ3) is 1.37. The van der Waals surface area contributed by atoms with Gasteiger partial charge in [-0.15, -0.1) is 0 Å². The minimum absolute atomic E-state index is 0.0220. The van der Waals surface area contributed by atoms with E-state index in [2.05, 4.69) is 25.9 Å². The molecule has 0 unspecified atom stereocenters. The summed E-state index contributed by atoms with van der Waals surface area (Å²) in [7, 11) is 0. The molecule has 1 aromatic heterocycles. The molecule has 1 aromatic rings. The van der Waals surface area contributed by atoms with E-state index in [-0.39, 0.29) is 5.41 Å². The van der Waals surface area contributed by atoms with Crippen LogP contribution in [-0.2, 0) is 5.41 Å². The van der Waals surface area contributed by atoms with E-state index >= 15 is 0 Å². The van der Waals surface area contributed by atoms with E-state index in [0.717, 1.165) is 11.3 Å². The van der Waals surface area contributed by atoms with Crippen LogP contribution in [0, 0.1) is 6.92 Å². The van der Waals surface area contributed by atoms with Crippen molar-refractivity contribution in [2.75, 3.05) is 5.73 Å². The number of aryl methyl sites for hydroxylation is 1. The van der Waals surface area contributed by atoms with Crippen molar-refractivity contribution >= 4 is 5.82 Å². The minimum atomic E-state index is 0.0220. The summed E-state index contributed by atoms with van der Waals surface area (Å²) < 4.78 is 4.95. The first-order valence-corrected chi connectivity index (χ1v) is 3.65. The maximum absolute atomic E-state index is 5.62. The SMILES string of the molecule is Cc1onc(N)c1C(C)(C)C. The second-order valence-corrected chi connectivity index (χ2v) is 3.75. The largest absolute Gasteiger partial charge is 0.381 e. The second-order valence-electron chi connectivity index (χ2n) is 3.75. The average Bonchev–Trinajstić information content (AvgIpc) is 2.08. The van der Waals surface area contributed by atoms with Gasteiger partial charge in [-0.25, -0.2) is 0 Å². The predicted molar refractivity (Wildman–Crippen MR) is 44.4 cm³/mol. The monoisotopic (exact) mass is 154 g/mol.